The van der Waals surface area contributed by atoms with Gasteiger partial charge in [-0.25, -0.2) is 0 Å². The van der Waals surface area contributed by atoms with Gasteiger partial charge >= 0.3 is 0 Å². The highest BCUT2D eigenvalue weighted by Gasteiger charge is 2.00. The average molecular weight is 223 g/mol. The lowest BCUT2D eigenvalue weighted by atomic mass is 10.1. The summed E-state index contributed by atoms with van der Waals surface area (Å²) in [6.45, 7) is 4.22. The third kappa shape index (κ3) is 3.04. The van der Waals surface area contributed by atoms with E-state index in [0.29, 0.717) is 0 Å². The quantitative estimate of drug-likeness (QED) is 0.692. The van der Waals surface area contributed by atoms with Crippen molar-refractivity contribution in [2.75, 3.05) is 0 Å². The van der Waals surface area contributed by atoms with Gasteiger partial charge in [-0.1, -0.05) is 54.6 Å². The van der Waals surface area contributed by atoms with Crippen LogP contribution >= 0.6 is 0 Å². The summed E-state index contributed by atoms with van der Waals surface area (Å²) in [5.74, 6) is 0. The van der Waals surface area contributed by atoms with Crippen molar-refractivity contribution in [3.63, 3.8) is 0 Å². The summed E-state index contributed by atoms with van der Waals surface area (Å²) in [7, 11) is 0. The van der Waals surface area contributed by atoms with Gasteiger partial charge in [-0.2, -0.15) is 0 Å². The van der Waals surface area contributed by atoms with Gasteiger partial charge in [0.25, 0.3) is 0 Å². The summed E-state index contributed by atoms with van der Waals surface area (Å²) >= 11 is 0. The molecule has 17 heavy (non-hydrogen) atoms. The smallest absolute Gasteiger partial charge is 0.0721 e. The van der Waals surface area contributed by atoms with Crippen molar-refractivity contribution in [1.29, 1.82) is 0 Å². The van der Waals surface area contributed by atoms with Gasteiger partial charge in [-0.05, 0) is 30.5 Å². The van der Waals surface area contributed by atoms with Crippen LogP contribution in [0.5, 0.6) is 0 Å². The van der Waals surface area contributed by atoms with E-state index in [9.17, 15) is 0 Å². The molecule has 2 rings (SSSR count). The van der Waals surface area contributed by atoms with Crippen LogP contribution in [-0.4, -0.2) is 6.21 Å². The predicted molar refractivity (Wildman–Crippen MR) is 73.6 cm³/mol. The first-order chi connectivity index (χ1) is 8.27. The number of rotatable bonds is 3. The van der Waals surface area contributed by atoms with Crippen LogP contribution in [0.4, 0.5) is 0 Å². The van der Waals surface area contributed by atoms with E-state index >= 15 is 0 Å². The van der Waals surface area contributed by atoms with Crippen molar-refractivity contribution in [2.45, 2.75) is 19.9 Å². The van der Waals surface area contributed by atoms with E-state index in [1.54, 1.807) is 0 Å². The van der Waals surface area contributed by atoms with Crippen molar-refractivity contribution >= 4 is 6.21 Å². The molecule has 0 amide bonds. The summed E-state index contributed by atoms with van der Waals surface area (Å²) in [5.41, 5.74) is 3.70. The SMILES string of the molecule is Cc1ccccc1C=N[C@@H](C)c1ccccc1. The van der Waals surface area contributed by atoms with E-state index < -0.39 is 0 Å². The highest BCUT2D eigenvalue weighted by molar-refractivity contribution is 5.81. The molecule has 1 heteroatoms. The van der Waals surface area contributed by atoms with Gasteiger partial charge in [0, 0.05) is 6.21 Å². The van der Waals surface area contributed by atoms with E-state index in [1.165, 1.54) is 16.7 Å². The Balaban J connectivity index is 2.14. The molecule has 86 valence electrons. The molecular formula is C16H17N. The van der Waals surface area contributed by atoms with Crippen LogP contribution in [0.3, 0.4) is 0 Å². The molecule has 0 aliphatic rings. The number of hydrogen-bond acceptors (Lipinski definition) is 1. The van der Waals surface area contributed by atoms with Crippen molar-refractivity contribution < 1.29 is 0 Å². The van der Waals surface area contributed by atoms with Crippen LogP contribution in [0.15, 0.2) is 59.6 Å². The molecule has 0 spiro atoms. The molecule has 0 aliphatic carbocycles. The van der Waals surface area contributed by atoms with Gasteiger partial charge in [0.15, 0.2) is 0 Å². The zero-order valence-electron chi connectivity index (χ0n) is 10.3. The molecule has 2 aromatic rings. The first-order valence-electron chi connectivity index (χ1n) is 5.91. The first-order valence-corrected chi connectivity index (χ1v) is 5.91. The Kier molecular flexibility index (Phi) is 3.71. The molecule has 0 radical (unpaired) electrons. The second-order valence-electron chi connectivity index (χ2n) is 4.22. The maximum Gasteiger partial charge on any atom is 0.0721 e. The maximum absolute atomic E-state index is 4.60. The molecule has 0 N–H and O–H groups in total. The lowest BCUT2D eigenvalue weighted by molar-refractivity contribution is 0.825. The predicted octanol–water partition coefficient (Wildman–Crippen LogP) is 4.18. The van der Waals surface area contributed by atoms with E-state index in [1.807, 2.05) is 24.4 Å². The normalized spacial score (nSPS) is 12.8. The van der Waals surface area contributed by atoms with Crippen molar-refractivity contribution in [3.05, 3.63) is 71.3 Å². The summed E-state index contributed by atoms with van der Waals surface area (Å²) in [4.78, 5) is 4.60. The van der Waals surface area contributed by atoms with Crippen LogP contribution in [0.25, 0.3) is 0 Å². The molecular weight excluding hydrogens is 206 g/mol. The van der Waals surface area contributed by atoms with Crippen LogP contribution in [0.1, 0.15) is 29.7 Å². The third-order valence-corrected chi connectivity index (χ3v) is 2.91. The van der Waals surface area contributed by atoms with Gasteiger partial charge in [0.1, 0.15) is 0 Å². The Morgan fingerprint density at radius 1 is 0.941 bits per heavy atom. The van der Waals surface area contributed by atoms with Gasteiger partial charge < -0.3 is 0 Å². The molecule has 0 aromatic heterocycles. The molecule has 0 saturated heterocycles. The van der Waals surface area contributed by atoms with Crippen molar-refractivity contribution in [1.82, 2.24) is 0 Å². The summed E-state index contributed by atoms with van der Waals surface area (Å²) < 4.78 is 0. The number of aryl methyl sites for hydroxylation is 1. The Morgan fingerprint density at radius 2 is 1.59 bits per heavy atom. The lowest BCUT2D eigenvalue weighted by Gasteiger charge is -2.06. The summed E-state index contributed by atoms with van der Waals surface area (Å²) in [5, 5.41) is 0. The molecule has 0 unspecified atom stereocenters. The number of nitrogens with zero attached hydrogens (tertiary/aromatic N) is 1. The van der Waals surface area contributed by atoms with Gasteiger partial charge in [0.2, 0.25) is 0 Å². The second kappa shape index (κ2) is 5.44. The fourth-order valence-electron chi connectivity index (χ4n) is 1.74. The molecule has 2 aromatic carbocycles. The minimum atomic E-state index is 0.204. The Bertz CT molecular complexity index is 500. The van der Waals surface area contributed by atoms with Crippen LogP contribution in [0, 0.1) is 6.92 Å². The molecule has 1 atom stereocenters. The number of benzene rings is 2. The monoisotopic (exact) mass is 223 g/mol. The van der Waals surface area contributed by atoms with E-state index in [2.05, 4.69) is 55.2 Å². The van der Waals surface area contributed by atoms with Crippen LogP contribution < -0.4 is 0 Å². The van der Waals surface area contributed by atoms with Crippen molar-refractivity contribution in [2.24, 2.45) is 4.99 Å². The van der Waals surface area contributed by atoms with Gasteiger partial charge in [-0.3, -0.25) is 4.99 Å². The molecule has 0 heterocycles. The van der Waals surface area contributed by atoms with E-state index in [-0.39, 0.29) is 6.04 Å². The fraction of sp³-hybridized carbons (Fsp3) is 0.188. The zero-order valence-corrected chi connectivity index (χ0v) is 10.3. The average Bonchev–Trinajstić information content (AvgIpc) is 2.38. The Morgan fingerprint density at radius 3 is 2.29 bits per heavy atom. The third-order valence-electron chi connectivity index (χ3n) is 2.91. The molecule has 0 fully saturated rings. The molecule has 0 saturated carbocycles. The number of hydrogen-bond donors (Lipinski definition) is 0. The Labute approximate surface area is 103 Å². The Hall–Kier alpha value is -1.89. The summed E-state index contributed by atoms with van der Waals surface area (Å²) in [6.07, 6.45) is 1.97. The fourth-order valence-corrected chi connectivity index (χ4v) is 1.74. The minimum Gasteiger partial charge on any atom is -0.285 e. The van der Waals surface area contributed by atoms with E-state index in [0.717, 1.165) is 0 Å². The maximum atomic E-state index is 4.60. The molecule has 0 aliphatic heterocycles. The topological polar surface area (TPSA) is 12.4 Å². The van der Waals surface area contributed by atoms with E-state index in [4.69, 9.17) is 0 Å². The largest absolute Gasteiger partial charge is 0.285 e. The van der Waals surface area contributed by atoms with Gasteiger partial charge in [0.05, 0.1) is 6.04 Å². The summed E-state index contributed by atoms with van der Waals surface area (Å²) in [6, 6.07) is 18.8. The second-order valence-corrected chi connectivity index (χ2v) is 4.22. The van der Waals surface area contributed by atoms with Crippen molar-refractivity contribution in [3.8, 4) is 0 Å². The first kappa shape index (κ1) is 11.6. The van der Waals surface area contributed by atoms with Crippen LogP contribution in [0.2, 0.25) is 0 Å². The van der Waals surface area contributed by atoms with Gasteiger partial charge in [-0.15, -0.1) is 0 Å². The highest BCUT2D eigenvalue weighted by atomic mass is 14.8. The zero-order chi connectivity index (χ0) is 12.1. The molecule has 0 bridgehead atoms. The highest BCUT2D eigenvalue weighted by Crippen LogP contribution is 2.16. The minimum absolute atomic E-state index is 0.204. The van der Waals surface area contributed by atoms with Crippen LogP contribution in [-0.2, 0) is 0 Å². The standard InChI is InChI=1S/C16H17N/c1-13-8-6-7-11-16(13)12-17-14(2)15-9-4-3-5-10-15/h3-12,14H,1-2H3/t14-/m0/s1. The lowest BCUT2D eigenvalue weighted by Crippen LogP contribution is -1.92. The number of aliphatic imine (C=N–C) groups is 1. The molecule has 1 nitrogen and oxygen atoms in total.